The Morgan fingerprint density at radius 2 is 1.81 bits per heavy atom. The largest absolute Gasteiger partial charge is 0.348 e. The van der Waals surface area contributed by atoms with Gasteiger partial charge in [0.05, 0.1) is 11.3 Å². The fourth-order valence-electron chi connectivity index (χ4n) is 3.16. The van der Waals surface area contributed by atoms with Gasteiger partial charge in [-0.15, -0.1) is 0 Å². The summed E-state index contributed by atoms with van der Waals surface area (Å²) in [5.41, 5.74) is 4.29. The summed E-state index contributed by atoms with van der Waals surface area (Å²) >= 11 is 6.10. The van der Waals surface area contributed by atoms with Gasteiger partial charge in [0.25, 0.3) is 11.8 Å². The highest BCUT2D eigenvalue weighted by Gasteiger charge is 2.26. The number of carbonyl (C=O) groups is 2. The van der Waals surface area contributed by atoms with Crippen LogP contribution in [0.1, 0.15) is 26.3 Å². The predicted octanol–water partition coefficient (Wildman–Crippen LogP) is 4.50. The summed E-state index contributed by atoms with van der Waals surface area (Å²) in [5, 5.41) is 6.33. The van der Waals surface area contributed by atoms with Crippen molar-refractivity contribution in [1.82, 2.24) is 5.32 Å². The second kappa shape index (κ2) is 6.65. The number of carbonyl (C=O) groups excluding carboxylic acids is 2. The standard InChI is InChI=1S/C21H15ClN2O2/c22-15-8-4-7-14(11-15)16-9-10-18(19-17(16)12-23-21(19)26)24-20(25)13-5-2-1-3-6-13/h1-11H,12H2,(H,23,26)(H,24,25). The van der Waals surface area contributed by atoms with E-state index in [0.717, 1.165) is 16.7 Å². The van der Waals surface area contributed by atoms with Gasteiger partial charge in [-0.25, -0.2) is 0 Å². The Balaban J connectivity index is 1.75. The van der Waals surface area contributed by atoms with Gasteiger partial charge in [0.15, 0.2) is 0 Å². The van der Waals surface area contributed by atoms with Crippen molar-refractivity contribution >= 4 is 29.1 Å². The van der Waals surface area contributed by atoms with E-state index in [2.05, 4.69) is 10.6 Å². The van der Waals surface area contributed by atoms with Crippen molar-refractivity contribution in [2.24, 2.45) is 0 Å². The molecular formula is C21H15ClN2O2. The Hall–Kier alpha value is -3.11. The topological polar surface area (TPSA) is 58.2 Å². The molecule has 1 heterocycles. The Morgan fingerprint density at radius 3 is 2.58 bits per heavy atom. The van der Waals surface area contributed by atoms with Gasteiger partial charge in [0, 0.05) is 17.1 Å². The lowest BCUT2D eigenvalue weighted by Crippen LogP contribution is -2.17. The van der Waals surface area contributed by atoms with E-state index in [1.54, 1.807) is 30.3 Å². The number of hydrogen-bond donors (Lipinski definition) is 2. The lowest BCUT2D eigenvalue weighted by Gasteiger charge is -2.13. The molecule has 4 nitrogen and oxygen atoms in total. The van der Waals surface area contributed by atoms with Crippen LogP contribution in [0.5, 0.6) is 0 Å². The molecule has 0 radical (unpaired) electrons. The van der Waals surface area contributed by atoms with E-state index in [9.17, 15) is 9.59 Å². The molecule has 0 fully saturated rings. The highest BCUT2D eigenvalue weighted by atomic mass is 35.5. The van der Waals surface area contributed by atoms with Crippen molar-refractivity contribution in [3.05, 3.63) is 88.4 Å². The molecule has 3 aromatic rings. The first-order valence-electron chi connectivity index (χ1n) is 8.20. The van der Waals surface area contributed by atoms with E-state index >= 15 is 0 Å². The Kier molecular flexibility index (Phi) is 4.19. The number of anilines is 1. The molecule has 0 saturated carbocycles. The van der Waals surface area contributed by atoms with Gasteiger partial charge in [0.1, 0.15) is 0 Å². The molecule has 0 saturated heterocycles. The summed E-state index contributed by atoms with van der Waals surface area (Å²) in [7, 11) is 0. The van der Waals surface area contributed by atoms with E-state index in [1.165, 1.54) is 0 Å². The molecule has 0 atom stereocenters. The molecule has 26 heavy (non-hydrogen) atoms. The maximum Gasteiger partial charge on any atom is 0.255 e. The molecule has 3 aromatic carbocycles. The highest BCUT2D eigenvalue weighted by molar-refractivity contribution is 6.30. The van der Waals surface area contributed by atoms with Gasteiger partial charge in [-0.2, -0.15) is 0 Å². The van der Waals surface area contributed by atoms with E-state index in [1.807, 2.05) is 36.4 Å². The SMILES string of the molecule is O=C(Nc1ccc(-c2cccc(Cl)c2)c2c1C(=O)NC2)c1ccccc1. The van der Waals surface area contributed by atoms with Crippen LogP contribution in [-0.4, -0.2) is 11.8 Å². The maximum absolute atomic E-state index is 12.5. The average molecular weight is 363 g/mol. The Morgan fingerprint density at radius 1 is 1.00 bits per heavy atom. The summed E-state index contributed by atoms with van der Waals surface area (Å²) in [4.78, 5) is 24.8. The lowest BCUT2D eigenvalue weighted by atomic mass is 9.95. The number of amides is 2. The maximum atomic E-state index is 12.5. The molecule has 128 valence electrons. The zero-order valence-corrected chi connectivity index (χ0v) is 14.5. The van der Waals surface area contributed by atoms with Crippen molar-refractivity contribution in [2.45, 2.75) is 6.54 Å². The van der Waals surface area contributed by atoms with E-state index < -0.39 is 0 Å². The second-order valence-electron chi connectivity index (χ2n) is 6.03. The summed E-state index contributed by atoms with van der Waals surface area (Å²) in [5.74, 6) is -0.435. The summed E-state index contributed by atoms with van der Waals surface area (Å²) < 4.78 is 0. The molecule has 0 aromatic heterocycles. The van der Waals surface area contributed by atoms with Gasteiger partial charge < -0.3 is 10.6 Å². The summed E-state index contributed by atoms with van der Waals surface area (Å²) in [6.07, 6.45) is 0. The number of halogens is 1. The molecular weight excluding hydrogens is 348 g/mol. The van der Waals surface area contributed by atoms with Gasteiger partial charge in [-0.3, -0.25) is 9.59 Å². The zero-order valence-electron chi connectivity index (χ0n) is 13.8. The molecule has 1 aliphatic heterocycles. The molecule has 0 aliphatic carbocycles. The van der Waals surface area contributed by atoms with E-state index in [-0.39, 0.29) is 11.8 Å². The van der Waals surface area contributed by atoms with Crippen molar-refractivity contribution in [3.63, 3.8) is 0 Å². The van der Waals surface area contributed by atoms with Crippen LogP contribution in [-0.2, 0) is 6.54 Å². The quantitative estimate of drug-likeness (QED) is 0.720. The van der Waals surface area contributed by atoms with Crippen molar-refractivity contribution in [2.75, 3.05) is 5.32 Å². The third kappa shape index (κ3) is 2.95. The normalized spacial score (nSPS) is 12.4. The third-order valence-electron chi connectivity index (χ3n) is 4.39. The molecule has 0 spiro atoms. The van der Waals surface area contributed by atoms with Gasteiger partial charge >= 0.3 is 0 Å². The first-order valence-corrected chi connectivity index (χ1v) is 8.58. The zero-order chi connectivity index (χ0) is 18.1. The number of rotatable bonds is 3. The van der Waals surface area contributed by atoms with Crippen molar-refractivity contribution < 1.29 is 9.59 Å². The number of benzene rings is 3. The number of hydrogen-bond acceptors (Lipinski definition) is 2. The van der Waals surface area contributed by atoms with E-state index in [4.69, 9.17) is 11.6 Å². The minimum Gasteiger partial charge on any atom is -0.348 e. The lowest BCUT2D eigenvalue weighted by molar-refractivity contribution is 0.0966. The van der Waals surface area contributed by atoms with E-state index in [0.29, 0.717) is 28.4 Å². The second-order valence-corrected chi connectivity index (χ2v) is 6.46. The minimum atomic E-state index is -0.247. The number of nitrogens with one attached hydrogen (secondary N) is 2. The van der Waals surface area contributed by atoms with Crippen LogP contribution in [0.3, 0.4) is 0 Å². The van der Waals surface area contributed by atoms with Crippen LogP contribution in [0.15, 0.2) is 66.7 Å². The minimum absolute atomic E-state index is 0.188. The highest BCUT2D eigenvalue weighted by Crippen LogP contribution is 2.35. The van der Waals surface area contributed by atoms with Crippen molar-refractivity contribution in [1.29, 1.82) is 0 Å². The van der Waals surface area contributed by atoms with Crippen LogP contribution in [0, 0.1) is 0 Å². The number of fused-ring (bicyclic) bond motifs is 1. The van der Waals surface area contributed by atoms with Gasteiger partial charge in [-0.1, -0.05) is 48.0 Å². The average Bonchev–Trinajstić information content (AvgIpc) is 3.05. The molecule has 2 N–H and O–H groups in total. The van der Waals surface area contributed by atoms with Crippen molar-refractivity contribution in [3.8, 4) is 11.1 Å². The van der Waals surface area contributed by atoms with Crippen LogP contribution in [0.2, 0.25) is 5.02 Å². The first-order chi connectivity index (χ1) is 12.6. The van der Waals surface area contributed by atoms with Crippen LogP contribution in [0.4, 0.5) is 5.69 Å². The Labute approximate surface area is 155 Å². The predicted molar refractivity (Wildman–Crippen MR) is 102 cm³/mol. The summed E-state index contributed by atoms with van der Waals surface area (Å²) in [6.45, 7) is 0.422. The first kappa shape index (κ1) is 16.4. The van der Waals surface area contributed by atoms with Crippen LogP contribution >= 0.6 is 11.6 Å². The molecule has 5 heteroatoms. The van der Waals surface area contributed by atoms with Gasteiger partial charge in [0.2, 0.25) is 0 Å². The molecule has 4 rings (SSSR count). The molecule has 1 aliphatic rings. The molecule has 2 amide bonds. The Bertz CT molecular complexity index is 1020. The molecule has 0 unspecified atom stereocenters. The smallest absolute Gasteiger partial charge is 0.255 e. The fourth-order valence-corrected chi connectivity index (χ4v) is 3.35. The summed E-state index contributed by atoms with van der Waals surface area (Å²) in [6, 6.07) is 20.1. The third-order valence-corrected chi connectivity index (χ3v) is 4.62. The molecule has 0 bridgehead atoms. The monoisotopic (exact) mass is 362 g/mol. The van der Waals surface area contributed by atoms with Crippen LogP contribution in [0.25, 0.3) is 11.1 Å². The van der Waals surface area contributed by atoms with Crippen LogP contribution < -0.4 is 10.6 Å². The van der Waals surface area contributed by atoms with Gasteiger partial charge in [-0.05, 0) is 47.0 Å². The fraction of sp³-hybridized carbons (Fsp3) is 0.0476.